The Kier molecular flexibility index (Phi) is 7.13. The minimum absolute atomic E-state index is 0.0336. The summed E-state index contributed by atoms with van der Waals surface area (Å²) in [6.45, 7) is 5.71. The van der Waals surface area contributed by atoms with Crippen molar-refractivity contribution in [2.45, 2.75) is 75.9 Å². The Morgan fingerprint density at radius 1 is 1.05 bits per heavy atom. The van der Waals surface area contributed by atoms with Crippen LogP contribution < -0.4 is 9.47 Å². The van der Waals surface area contributed by atoms with Gasteiger partial charge in [-0.05, 0) is 73.2 Å². The van der Waals surface area contributed by atoms with E-state index in [0.717, 1.165) is 60.6 Å². The molecule has 0 aromatic heterocycles. The van der Waals surface area contributed by atoms with Crippen LogP contribution in [0.1, 0.15) is 54.9 Å². The standard InChI is InChI=1S/C33H43NO7S/c1-32(20-39-18-22-7-9-23(10-8-22)19-40-42(4,35)36)16-25-26-15-24-11-12-27(37-2)29-28(24)33(25,31(41-29)30(32)38-3)13-14-34(26)17-21-5-6-21/h7-12,21,25-26,30-31H,5-6,13-20H2,1-4H3. The number of benzene rings is 2. The lowest BCUT2D eigenvalue weighted by atomic mass is 9.47. The van der Waals surface area contributed by atoms with Crippen molar-refractivity contribution in [2.75, 3.05) is 40.2 Å². The zero-order chi connectivity index (χ0) is 29.3. The molecular weight excluding hydrogens is 554 g/mol. The molecule has 2 bridgehead atoms. The van der Waals surface area contributed by atoms with E-state index in [0.29, 0.717) is 25.2 Å². The lowest BCUT2D eigenvalue weighted by molar-refractivity contribution is -0.189. The summed E-state index contributed by atoms with van der Waals surface area (Å²) in [5.41, 5.74) is 4.36. The number of methoxy groups -OCH3 is 2. The highest BCUT2D eigenvalue weighted by molar-refractivity contribution is 7.85. The van der Waals surface area contributed by atoms with Crippen LogP contribution in [0.4, 0.5) is 0 Å². The summed E-state index contributed by atoms with van der Waals surface area (Å²) in [5, 5.41) is 0. The van der Waals surface area contributed by atoms with Gasteiger partial charge in [0.2, 0.25) is 0 Å². The molecule has 0 amide bonds. The van der Waals surface area contributed by atoms with Crippen LogP contribution >= 0.6 is 0 Å². The van der Waals surface area contributed by atoms with Gasteiger partial charge in [-0.25, -0.2) is 0 Å². The maximum Gasteiger partial charge on any atom is 0.264 e. The van der Waals surface area contributed by atoms with Crippen LogP contribution in [0.25, 0.3) is 0 Å². The number of hydrogen-bond acceptors (Lipinski definition) is 8. The average Bonchev–Trinajstić information content (AvgIpc) is 3.71. The molecular formula is C33H43NO7S. The molecule has 1 saturated heterocycles. The van der Waals surface area contributed by atoms with Gasteiger partial charge in [-0.15, -0.1) is 0 Å². The smallest absolute Gasteiger partial charge is 0.264 e. The van der Waals surface area contributed by atoms with Gasteiger partial charge < -0.3 is 18.9 Å². The fraction of sp³-hybridized carbons (Fsp3) is 0.636. The van der Waals surface area contributed by atoms with E-state index in [-0.39, 0.29) is 29.6 Å². The van der Waals surface area contributed by atoms with Gasteiger partial charge in [0.1, 0.15) is 12.2 Å². The Labute approximate surface area is 249 Å². The van der Waals surface area contributed by atoms with Crippen LogP contribution in [0.15, 0.2) is 36.4 Å². The van der Waals surface area contributed by atoms with Crippen molar-refractivity contribution in [1.82, 2.24) is 4.90 Å². The zero-order valence-corrected chi connectivity index (χ0v) is 26.0. The van der Waals surface area contributed by atoms with E-state index in [1.54, 1.807) is 7.11 Å². The predicted molar refractivity (Wildman–Crippen MR) is 158 cm³/mol. The number of likely N-dealkylation sites (tertiary alicyclic amines) is 1. The van der Waals surface area contributed by atoms with Gasteiger partial charge in [0.15, 0.2) is 11.5 Å². The molecule has 2 heterocycles. The van der Waals surface area contributed by atoms with Gasteiger partial charge in [-0.1, -0.05) is 37.3 Å². The van der Waals surface area contributed by atoms with Crippen LogP contribution in [0, 0.1) is 17.3 Å². The number of nitrogens with zero attached hydrogens (tertiary/aromatic N) is 1. The first-order valence-corrected chi connectivity index (χ1v) is 17.1. The molecule has 0 radical (unpaired) electrons. The van der Waals surface area contributed by atoms with Crippen LogP contribution in [-0.4, -0.2) is 71.7 Å². The normalized spacial score (nSPS) is 33.2. The summed E-state index contributed by atoms with van der Waals surface area (Å²) in [6.07, 6.45) is 6.76. The second-order valence-corrected chi connectivity index (χ2v) is 15.2. The van der Waals surface area contributed by atoms with Crippen LogP contribution in [0.2, 0.25) is 0 Å². The van der Waals surface area contributed by atoms with Crippen LogP contribution in [0.3, 0.4) is 0 Å². The van der Waals surface area contributed by atoms with E-state index in [4.69, 9.17) is 23.1 Å². The third kappa shape index (κ3) is 4.76. The van der Waals surface area contributed by atoms with Crippen molar-refractivity contribution in [3.63, 3.8) is 0 Å². The van der Waals surface area contributed by atoms with Crippen molar-refractivity contribution in [3.05, 3.63) is 58.7 Å². The third-order valence-electron chi connectivity index (χ3n) is 10.7. The van der Waals surface area contributed by atoms with Gasteiger partial charge in [0.05, 0.1) is 33.2 Å². The molecule has 2 aromatic carbocycles. The van der Waals surface area contributed by atoms with Crippen molar-refractivity contribution in [3.8, 4) is 11.5 Å². The van der Waals surface area contributed by atoms with E-state index in [9.17, 15) is 8.42 Å². The van der Waals surface area contributed by atoms with E-state index in [1.165, 1.54) is 30.5 Å². The number of piperidine rings is 1. The Morgan fingerprint density at radius 3 is 2.45 bits per heavy atom. The molecule has 2 aromatic rings. The second-order valence-electron chi connectivity index (χ2n) is 13.6. The van der Waals surface area contributed by atoms with E-state index < -0.39 is 10.1 Å². The van der Waals surface area contributed by atoms with Gasteiger partial charge in [-0.2, -0.15) is 8.42 Å². The maximum atomic E-state index is 11.3. The molecule has 2 saturated carbocycles. The minimum atomic E-state index is -3.47. The number of ether oxygens (including phenoxy) is 4. The molecule has 228 valence electrons. The Hall–Kier alpha value is -2.17. The number of hydrogen-bond donors (Lipinski definition) is 0. The molecule has 42 heavy (non-hydrogen) atoms. The van der Waals surface area contributed by atoms with Crippen molar-refractivity contribution in [2.24, 2.45) is 17.3 Å². The fourth-order valence-electron chi connectivity index (χ4n) is 8.73. The summed E-state index contributed by atoms with van der Waals surface area (Å²) < 4.78 is 53.2. The summed E-state index contributed by atoms with van der Waals surface area (Å²) in [4.78, 5) is 2.80. The van der Waals surface area contributed by atoms with Crippen molar-refractivity contribution >= 4 is 10.1 Å². The minimum Gasteiger partial charge on any atom is -0.493 e. The molecule has 3 aliphatic carbocycles. The second kappa shape index (κ2) is 10.5. The highest BCUT2D eigenvalue weighted by Crippen LogP contribution is 2.67. The monoisotopic (exact) mass is 597 g/mol. The summed E-state index contributed by atoms with van der Waals surface area (Å²) in [5.74, 6) is 3.08. The molecule has 6 unspecified atom stereocenters. The first kappa shape index (κ1) is 28.6. The van der Waals surface area contributed by atoms with Crippen molar-refractivity contribution in [1.29, 1.82) is 0 Å². The maximum absolute atomic E-state index is 11.3. The molecule has 7 rings (SSSR count). The van der Waals surface area contributed by atoms with Crippen LogP contribution in [-0.2, 0) is 48.8 Å². The Bertz CT molecular complexity index is 1440. The van der Waals surface area contributed by atoms with E-state index in [1.807, 2.05) is 31.4 Å². The summed E-state index contributed by atoms with van der Waals surface area (Å²) in [7, 11) is 0.0851. The van der Waals surface area contributed by atoms with E-state index in [2.05, 4.69) is 24.0 Å². The van der Waals surface area contributed by atoms with E-state index >= 15 is 0 Å². The van der Waals surface area contributed by atoms with Gasteiger partial charge in [0.25, 0.3) is 10.1 Å². The largest absolute Gasteiger partial charge is 0.493 e. The average molecular weight is 598 g/mol. The highest BCUT2D eigenvalue weighted by Gasteiger charge is 2.70. The molecule has 0 N–H and O–H groups in total. The Morgan fingerprint density at radius 2 is 1.79 bits per heavy atom. The van der Waals surface area contributed by atoms with Crippen molar-refractivity contribution < 1.29 is 31.5 Å². The lowest BCUT2D eigenvalue weighted by Crippen LogP contribution is -2.71. The molecule has 9 heteroatoms. The fourth-order valence-corrected chi connectivity index (χ4v) is 9.08. The topological polar surface area (TPSA) is 83.5 Å². The Balaban J connectivity index is 1.14. The first-order chi connectivity index (χ1) is 20.1. The van der Waals surface area contributed by atoms with Gasteiger partial charge in [-0.3, -0.25) is 9.08 Å². The first-order valence-electron chi connectivity index (χ1n) is 15.3. The molecule has 1 spiro atoms. The van der Waals surface area contributed by atoms with Crippen LogP contribution in [0.5, 0.6) is 11.5 Å². The third-order valence-corrected chi connectivity index (χ3v) is 11.3. The quantitative estimate of drug-likeness (QED) is 0.351. The zero-order valence-electron chi connectivity index (χ0n) is 25.1. The lowest BCUT2D eigenvalue weighted by Gasteiger charge is -2.63. The van der Waals surface area contributed by atoms with Gasteiger partial charge >= 0.3 is 0 Å². The molecule has 2 aliphatic heterocycles. The molecule has 8 nitrogen and oxygen atoms in total. The molecule has 5 aliphatic rings. The summed E-state index contributed by atoms with van der Waals surface area (Å²) >= 11 is 0. The SMILES string of the molecule is COc1ccc2c3c1OC1C(OC)C(C)(COCc4ccc(COS(C)(=O)=O)cc4)CC4C(C2)N(CC2CC2)CCC341. The molecule has 3 fully saturated rings. The summed E-state index contributed by atoms with van der Waals surface area (Å²) in [6, 6.07) is 12.6. The highest BCUT2D eigenvalue weighted by atomic mass is 32.2. The predicted octanol–water partition coefficient (Wildman–Crippen LogP) is 4.47. The van der Waals surface area contributed by atoms with Gasteiger partial charge in [0, 0.05) is 36.1 Å². The molecule has 6 atom stereocenters. The number of rotatable bonds is 11.